The topological polar surface area (TPSA) is 105 Å². The number of likely N-dealkylation sites (tertiary alicyclic amines) is 1. The summed E-state index contributed by atoms with van der Waals surface area (Å²) in [6.07, 6.45) is 10.4. The molecule has 2 aliphatic rings. The van der Waals surface area contributed by atoms with Crippen molar-refractivity contribution in [1.29, 1.82) is 0 Å². The molecule has 2 aromatic carbocycles. The largest absolute Gasteiger partial charge is 0.507 e. The molecule has 262 valence electrons. The highest BCUT2D eigenvalue weighted by atomic mass is 16.5. The van der Waals surface area contributed by atoms with Crippen LogP contribution >= 0.6 is 0 Å². The number of benzene rings is 2. The lowest BCUT2D eigenvalue weighted by atomic mass is 9.95. The lowest BCUT2D eigenvalue weighted by Gasteiger charge is -2.26. The van der Waals surface area contributed by atoms with Crippen molar-refractivity contribution in [2.75, 3.05) is 65.7 Å². The Morgan fingerprint density at radius 1 is 0.771 bits per heavy atom. The Bertz CT molecular complexity index is 1660. The van der Waals surface area contributed by atoms with E-state index in [1.54, 1.807) is 12.1 Å². The molecule has 1 aromatic heterocycles. The van der Waals surface area contributed by atoms with Gasteiger partial charge >= 0.3 is 0 Å². The van der Waals surface area contributed by atoms with E-state index in [-0.39, 0.29) is 28.8 Å². The summed E-state index contributed by atoms with van der Waals surface area (Å²) in [4.78, 5) is 19.2. The summed E-state index contributed by atoms with van der Waals surface area (Å²) in [6.45, 7) is 16.1. The molecule has 9 heteroatoms. The molecule has 2 fully saturated rings. The molecule has 0 bridgehead atoms. The van der Waals surface area contributed by atoms with Crippen LogP contribution in [0.4, 0.5) is 0 Å². The van der Waals surface area contributed by atoms with Crippen LogP contribution in [-0.4, -0.2) is 85.7 Å². The van der Waals surface area contributed by atoms with Gasteiger partial charge in [0.25, 0.3) is 0 Å². The summed E-state index contributed by atoms with van der Waals surface area (Å²) >= 11 is 0. The van der Waals surface area contributed by atoms with Gasteiger partial charge in [-0.3, -0.25) is 9.69 Å². The molecular formula is C39H54N2O7. The zero-order valence-corrected chi connectivity index (χ0v) is 29.4. The van der Waals surface area contributed by atoms with E-state index in [1.807, 2.05) is 39.8 Å². The van der Waals surface area contributed by atoms with Crippen LogP contribution in [-0.2, 0) is 24.2 Å². The third-order valence-electron chi connectivity index (χ3n) is 9.37. The van der Waals surface area contributed by atoms with Gasteiger partial charge < -0.3 is 33.7 Å². The summed E-state index contributed by atoms with van der Waals surface area (Å²) in [5, 5.41) is 22.8. The molecule has 3 aromatic rings. The molecule has 48 heavy (non-hydrogen) atoms. The Morgan fingerprint density at radius 3 is 1.90 bits per heavy atom. The average molecular weight is 663 g/mol. The van der Waals surface area contributed by atoms with E-state index in [4.69, 9.17) is 18.6 Å². The molecule has 0 saturated carbocycles. The molecule has 9 nitrogen and oxygen atoms in total. The van der Waals surface area contributed by atoms with Crippen LogP contribution in [0.15, 0.2) is 44.6 Å². The van der Waals surface area contributed by atoms with Crippen LogP contribution in [0.25, 0.3) is 21.9 Å². The molecule has 0 amide bonds. The van der Waals surface area contributed by atoms with E-state index in [0.29, 0.717) is 65.2 Å². The van der Waals surface area contributed by atoms with Gasteiger partial charge in [0.15, 0.2) is 0 Å². The molecule has 0 spiro atoms. The number of aromatic hydroxyl groups is 1. The van der Waals surface area contributed by atoms with Gasteiger partial charge in [-0.15, -0.1) is 0 Å². The molecule has 2 N–H and O–H groups in total. The van der Waals surface area contributed by atoms with Gasteiger partial charge in [0, 0.05) is 49.4 Å². The zero-order chi connectivity index (χ0) is 34.0. The van der Waals surface area contributed by atoms with Gasteiger partial charge in [-0.05, 0) is 84.9 Å². The number of aliphatic hydroxyl groups excluding tert-OH is 1. The van der Waals surface area contributed by atoms with Gasteiger partial charge in [0.1, 0.15) is 33.8 Å². The molecule has 2 saturated heterocycles. The van der Waals surface area contributed by atoms with Crippen LogP contribution in [0.2, 0.25) is 0 Å². The molecule has 0 atom stereocenters. The van der Waals surface area contributed by atoms with Gasteiger partial charge in [-0.1, -0.05) is 29.7 Å². The summed E-state index contributed by atoms with van der Waals surface area (Å²) in [5.41, 5.74) is 4.27. The van der Waals surface area contributed by atoms with Crippen LogP contribution in [0.3, 0.4) is 0 Å². The van der Waals surface area contributed by atoms with E-state index < -0.39 is 0 Å². The average Bonchev–Trinajstić information content (AvgIpc) is 3.07. The number of hydrogen-bond donors (Lipinski definition) is 2. The van der Waals surface area contributed by atoms with Crippen molar-refractivity contribution in [1.82, 2.24) is 9.80 Å². The quantitative estimate of drug-likeness (QED) is 0.107. The Kier molecular flexibility index (Phi) is 13.0. The second-order valence-electron chi connectivity index (χ2n) is 13.6. The van der Waals surface area contributed by atoms with Crippen molar-refractivity contribution in [3.05, 3.63) is 62.3 Å². The number of hydrogen-bond acceptors (Lipinski definition) is 9. The van der Waals surface area contributed by atoms with Crippen molar-refractivity contribution in [3.63, 3.8) is 0 Å². The lowest BCUT2D eigenvalue weighted by Crippen LogP contribution is -2.37. The second-order valence-corrected chi connectivity index (χ2v) is 13.6. The molecule has 5 rings (SSSR count). The lowest BCUT2D eigenvalue weighted by molar-refractivity contribution is 0.0357. The fourth-order valence-electron chi connectivity index (χ4n) is 6.68. The number of aliphatic hydroxyl groups is 1. The first-order valence-corrected chi connectivity index (χ1v) is 17.7. The zero-order valence-electron chi connectivity index (χ0n) is 29.4. The van der Waals surface area contributed by atoms with E-state index in [9.17, 15) is 15.0 Å². The number of rotatable bonds is 15. The van der Waals surface area contributed by atoms with E-state index >= 15 is 0 Å². The third-order valence-corrected chi connectivity index (χ3v) is 9.37. The van der Waals surface area contributed by atoms with E-state index in [0.717, 1.165) is 76.5 Å². The van der Waals surface area contributed by atoms with Crippen LogP contribution in [0.5, 0.6) is 17.2 Å². The van der Waals surface area contributed by atoms with Crippen LogP contribution in [0, 0.1) is 0 Å². The Hall–Kier alpha value is -3.37. The first-order valence-electron chi connectivity index (χ1n) is 17.7. The summed E-state index contributed by atoms with van der Waals surface area (Å²) in [7, 11) is 0. The first-order chi connectivity index (χ1) is 23.3. The number of morpholine rings is 1. The molecule has 3 heterocycles. The highest BCUT2D eigenvalue weighted by molar-refractivity contribution is 5.97. The summed E-state index contributed by atoms with van der Waals surface area (Å²) in [6, 6.07) is 3.47. The maximum absolute atomic E-state index is 14.4. The molecule has 0 aliphatic carbocycles. The number of nitrogens with zero attached hydrogens (tertiary/aromatic N) is 2. The molecular weight excluding hydrogens is 608 g/mol. The number of phenolic OH excluding ortho intramolecular Hbond substituents is 1. The first kappa shape index (κ1) is 35.9. The van der Waals surface area contributed by atoms with Crippen molar-refractivity contribution in [2.24, 2.45) is 0 Å². The predicted octanol–water partition coefficient (Wildman–Crippen LogP) is 6.52. The van der Waals surface area contributed by atoms with Crippen molar-refractivity contribution < 1.29 is 28.8 Å². The maximum Gasteiger partial charge on any atom is 0.204 e. The number of fused-ring (bicyclic) bond motifs is 2. The van der Waals surface area contributed by atoms with Crippen LogP contribution < -0.4 is 14.9 Å². The Balaban J connectivity index is 1.52. The van der Waals surface area contributed by atoms with Gasteiger partial charge in [-0.2, -0.15) is 0 Å². The monoisotopic (exact) mass is 662 g/mol. The minimum absolute atomic E-state index is 0.117. The Labute approximate surface area is 284 Å². The van der Waals surface area contributed by atoms with Crippen LogP contribution in [0.1, 0.15) is 76.5 Å². The van der Waals surface area contributed by atoms with Crippen molar-refractivity contribution in [2.45, 2.75) is 79.2 Å². The molecule has 0 radical (unpaired) electrons. The molecule has 2 aliphatic heterocycles. The van der Waals surface area contributed by atoms with Crippen molar-refractivity contribution in [3.8, 4) is 17.2 Å². The highest BCUT2D eigenvalue weighted by Gasteiger charge is 2.24. The summed E-state index contributed by atoms with van der Waals surface area (Å²) < 4.78 is 24.5. The smallest absolute Gasteiger partial charge is 0.204 e. The minimum atomic E-state index is -0.329. The van der Waals surface area contributed by atoms with Gasteiger partial charge in [0.2, 0.25) is 5.43 Å². The second kappa shape index (κ2) is 17.3. The minimum Gasteiger partial charge on any atom is -0.507 e. The van der Waals surface area contributed by atoms with Gasteiger partial charge in [-0.25, -0.2) is 0 Å². The fraction of sp³-hybridized carbons (Fsp3) is 0.564. The highest BCUT2D eigenvalue weighted by Crippen LogP contribution is 2.39. The van der Waals surface area contributed by atoms with Crippen molar-refractivity contribution >= 4 is 21.9 Å². The SMILES string of the molecule is CC(C)=CCc1c(OCCCN2CCCCC2)cc2oc3cc(OCCCN4CCOCC4)c(CO)c(CC=C(C)C)c3c(=O)c2c1O. The molecule has 0 unspecified atom stereocenters. The number of allylic oxidation sites excluding steroid dienone is 4. The van der Waals surface area contributed by atoms with E-state index in [1.165, 1.54) is 19.3 Å². The number of piperidine rings is 1. The van der Waals surface area contributed by atoms with E-state index in [2.05, 4.69) is 9.80 Å². The Morgan fingerprint density at radius 2 is 1.31 bits per heavy atom. The normalized spacial score (nSPS) is 15.9. The van der Waals surface area contributed by atoms with Gasteiger partial charge in [0.05, 0.1) is 38.4 Å². The maximum atomic E-state index is 14.4. The standard InChI is InChI=1S/C39H54N2O7/c1-27(2)10-12-29-31(26-42)33(47-21-9-17-41-18-22-45-23-19-41)25-34-36(29)39(44)37-35(48-34)24-32(30(38(37)43)13-11-28(3)4)46-20-8-16-40-14-6-5-7-15-40/h10-11,24-25,42-43H,5-9,12-23,26H2,1-4H3. The number of phenols is 1. The fourth-order valence-corrected chi connectivity index (χ4v) is 6.68. The number of ether oxygens (including phenoxy) is 3. The predicted molar refractivity (Wildman–Crippen MR) is 192 cm³/mol. The third kappa shape index (κ3) is 8.99. The summed E-state index contributed by atoms with van der Waals surface area (Å²) in [5.74, 6) is 0.911.